The zero-order chi connectivity index (χ0) is 16.4. The summed E-state index contributed by atoms with van der Waals surface area (Å²) in [4.78, 5) is 13.9. The van der Waals surface area contributed by atoms with E-state index in [9.17, 15) is 9.90 Å². The third kappa shape index (κ3) is 4.05. The standard InChI is InChI=1S/C19H28N2O2/c1-13(16-10-7-14-5-3-4-6-17(14)11-16)20-19(23)21(2)12-18(22)15-8-9-15/h7,10-11,13,15,18,22H,3-6,8-9,12H2,1-2H3,(H,20,23). The molecule has 1 aromatic rings. The average Bonchev–Trinajstić information content (AvgIpc) is 3.39. The number of amides is 2. The van der Waals surface area contributed by atoms with Gasteiger partial charge in [-0.2, -0.15) is 0 Å². The summed E-state index contributed by atoms with van der Waals surface area (Å²) in [6, 6.07) is 6.46. The van der Waals surface area contributed by atoms with Gasteiger partial charge in [-0.05, 0) is 68.1 Å². The Labute approximate surface area is 138 Å². The minimum absolute atomic E-state index is 0.0183. The van der Waals surface area contributed by atoms with E-state index in [1.54, 1.807) is 11.9 Å². The van der Waals surface area contributed by atoms with E-state index >= 15 is 0 Å². The Bertz CT molecular complexity index is 568. The summed E-state index contributed by atoms with van der Waals surface area (Å²) in [5, 5.41) is 13.0. The van der Waals surface area contributed by atoms with Gasteiger partial charge < -0.3 is 15.3 Å². The van der Waals surface area contributed by atoms with Crippen molar-refractivity contribution in [2.24, 2.45) is 5.92 Å². The average molecular weight is 316 g/mol. The number of nitrogens with zero attached hydrogens (tertiary/aromatic N) is 1. The predicted octanol–water partition coefficient (Wildman–Crippen LogP) is 3.04. The van der Waals surface area contributed by atoms with Crippen LogP contribution in [-0.2, 0) is 12.8 Å². The minimum atomic E-state index is -0.384. The Kier molecular flexibility index (Phi) is 4.90. The first kappa shape index (κ1) is 16.3. The molecule has 3 rings (SSSR count). The third-order valence-corrected chi connectivity index (χ3v) is 5.19. The monoisotopic (exact) mass is 316 g/mol. The molecule has 2 N–H and O–H groups in total. The molecule has 0 bridgehead atoms. The van der Waals surface area contributed by atoms with Gasteiger partial charge in [-0.15, -0.1) is 0 Å². The molecule has 1 fully saturated rings. The number of rotatable bonds is 5. The molecule has 23 heavy (non-hydrogen) atoms. The van der Waals surface area contributed by atoms with Crippen LogP contribution in [0, 0.1) is 5.92 Å². The summed E-state index contributed by atoms with van der Waals surface area (Å²) in [5.41, 5.74) is 4.06. The zero-order valence-corrected chi connectivity index (χ0v) is 14.2. The summed E-state index contributed by atoms with van der Waals surface area (Å²) in [6.07, 6.45) is 6.66. The van der Waals surface area contributed by atoms with Crippen LogP contribution >= 0.6 is 0 Å². The Balaban J connectivity index is 1.57. The van der Waals surface area contributed by atoms with Crippen LogP contribution in [0.2, 0.25) is 0 Å². The molecule has 4 nitrogen and oxygen atoms in total. The number of aliphatic hydroxyl groups is 1. The van der Waals surface area contributed by atoms with Crippen LogP contribution in [-0.4, -0.2) is 35.7 Å². The third-order valence-electron chi connectivity index (χ3n) is 5.19. The van der Waals surface area contributed by atoms with E-state index < -0.39 is 0 Å². The van der Waals surface area contributed by atoms with Crippen molar-refractivity contribution in [3.05, 3.63) is 34.9 Å². The SMILES string of the molecule is CC(NC(=O)N(C)CC(O)C1CC1)c1ccc2c(c1)CCCC2. The van der Waals surface area contributed by atoms with Gasteiger partial charge >= 0.3 is 6.03 Å². The molecule has 2 atom stereocenters. The number of aryl methyl sites for hydroxylation is 2. The van der Waals surface area contributed by atoms with Gasteiger partial charge in [-0.25, -0.2) is 4.79 Å². The summed E-state index contributed by atoms with van der Waals surface area (Å²) in [7, 11) is 1.75. The molecule has 4 heteroatoms. The van der Waals surface area contributed by atoms with Gasteiger partial charge in [0, 0.05) is 13.6 Å². The lowest BCUT2D eigenvalue weighted by molar-refractivity contribution is 0.113. The van der Waals surface area contributed by atoms with Gasteiger partial charge in [-0.1, -0.05) is 18.2 Å². The summed E-state index contributed by atoms with van der Waals surface area (Å²) >= 11 is 0. The van der Waals surface area contributed by atoms with Crippen molar-refractivity contribution >= 4 is 6.03 Å². The Hall–Kier alpha value is -1.55. The van der Waals surface area contributed by atoms with Crippen LogP contribution in [0.1, 0.15) is 55.3 Å². The lowest BCUT2D eigenvalue weighted by Gasteiger charge is -2.24. The van der Waals surface area contributed by atoms with Crippen LogP contribution in [0.4, 0.5) is 4.79 Å². The smallest absolute Gasteiger partial charge is 0.317 e. The topological polar surface area (TPSA) is 52.6 Å². The van der Waals surface area contributed by atoms with Crippen molar-refractivity contribution in [3.8, 4) is 0 Å². The highest BCUT2D eigenvalue weighted by Crippen LogP contribution is 2.32. The van der Waals surface area contributed by atoms with Crippen molar-refractivity contribution in [2.75, 3.05) is 13.6 Å². The summed E-state index contributed by atoms with van der Waals surface area (Å²) < 4.78 is 0. The quantitative estimate of drug-likeness (QED) is 0.877. The highest BCUT2D eigenvalue weighted by atomic mass is 16.3. The predicted molar refractivity (Wildman–Crippen MR) is 91.4 cm³/mol. The Morgan fingerprint density at radius 3 is 2.70 bits per heavy atom. The van der Waals surface area contributed by atoms with Gasteiger partial charge in [0.1, 0.15) is 0 Å². The normalized spacial score (nSPS) is 19.6. The van der Waals surface area contributed by atoms with Crippen molar-refractivity contribution in [1.29, 1.82) is 0 Å². The number of nitrogens with one attached hydrogen (secondary N) is 1. The molecule has 0 saturated heterocycles. The number of hydrogen-bond donors (Lipinski definition) is 2. The molecule has 0 radical (unpaired) electrons. The van der Waals surface area contributed by atoms with Crippen molar-refractivity contribution in [2.45, 2.75) is 57.6 Å². The molecule has 2 amide bonds. The molecule has 0 heterocycles. The van der Waals surface area contributed by atoms with Gasteiger partial charge in [0.15, 0.2) is 0 Å². The lowest BCUT2D eigenvalue weighted by Crippen LogP contribution is -2.42. The second kappa shape index (κ2) is 6.91. The maximum absolute atomic E-state index is 12.3. The first-order valence-electron chi connectivity index (χ1n) is 8.86. The second-order valence-electron chi connectivity index (χ2n) is 7.19. The molecule has 0 aromatic heterocycles. The minimum Gasteiger partial charge on any atom is -0.391 e. The number of benzene rings is 1. The van der Waals surface area contributed by atoms with E-state index in [0.717, 1.165) is 24.8 Å². The number of likely N-dealkylation sites (N-methyl/N-ethyl adjacent to an activating group) is 1. The van der Waals surface area contributed by atoms with Crippen molar-refractivity contribution in [1.82, 2.24) is 10.2 Å². The number of hydrogen-bond acceptors (Lipinski definition) is 2. The molecule has 0 spiro atoms. The first-order chi connectivity index (χ1) is 11.0. The van der Waals surface area contributed by atoms with Crippen LogP contribution < -0.4 is 5.32 Å². The lowest BCUT2D eigenvalue weighted by atomic mass is 9.89. The van der Waals surface area contributed by atoms with E-state index in [2.05, 4.69) is 23.5 Å². The fourth-order valence-electron chi connectivity index (χ4n) is 3.40. The summed E-state index contributed by atoms with van der Waals surface area (Å²) in [6.45, 7) is 2.43. The molecule has 2 aliphatic rings. The molecular weight excluding hydrogens is 288 g/mol. The van der Waals surface area contributed by atoms with Crippen molar-refractivity contribution in [3.63, 3.8) is 0 Å². The van der Waals surface area contributed by atoms with E-state index in [1.165, 1.54) is 30.4 Å². The molecular formula is C19H28N2O2. The van der Waals surface area contributed by atoms with E-state index in [1.807, 2.05) is 6.92 Å². The number of urea groups is 1. The fraction of sp³-hybridized carbons (Fsp3) is 0.632. The van der Waals surface area contributed by atoms with Crippen LogP contribution in [0.25, 0.3) is 0 Å². The molecule has 2 aliphatic carbocycles. The van der Waals surface area contributed by atoms with Crippen molar-refractivity contribution < 1.29 is 9.90 Å². The number of carbonyl (C=O) groups is 1. The van der Waals surface area contributed by atoms with Gasteiger partial charge in [0.25, 0.3) is 0 Å². The van der Waals surface area contributed by atoms with Crippen LogP contribution in [0.3, 0.4) is 0 Å². The Morgan fingerprint density at radius 1 is 1.30 bits per heavy atom. The van der Waals surface area contributed by atoms with Gasteiger partial charge in [-0.3, -0.25) is 0 Å². The largest absolute Gasteiger partial charge is 0.391 e. The molecule has 0 aliphatic heterocycles. The number of aliphatic hydroxyl groups excluding tert-OH is 1. The van der Waals surface area contributed by atoms with E-state index in [4.69, 9.17) is 0 Å². The van der Waals surface area contributed by atoms with Crippen LogP contribution in [0.5, 0.6) is 0 Å². The Morgan fingerprint density at radius 2 is 2.00 bits per heavy atom. The van der Waals surface area contributed by atoms with Crippen LogP contribution in [0.15, 0.2) is 18.2 Å². The molecule has 1 aromatic carbocycles. The van der Waals surface area contributed by atoms with Gasteiger partial charge in [0.05, 0.1) is 12.1 Å². The molecule has 126 valence electrons. The highest BCUT2D eigenvalue weighted by Gasteiger charge is 2.31. The van der Waals surface area contributed by atoms with Gasteiger partial charge in [0.2, 0.25) is 0 Å². The maximum atomic E-state index is 12.3. The highest BCUT2D eigenvalue weighted by molar-refractivity contribution is 5.74. The number of fused-ring (bicyclic) bond motifs is 1. The molecule has 1 saturated carbocycles. The first-order valence-corrected chi connectivity index (χ1v) is 8.86. The maximum Gasteiger partial charge on any atom is 0.317 e. The summed E-state index contributed by atoms with van der Waals surface area (Å²) in [5.74, 6) is 0.392. The zero-order valence-electron chi connectivity index (χ0n) is 14.2. The fourth-order valence-corrected chi connectivity index (χ4v) is 3.40. The van der Waals surface area contributed by atoms with E-state index in [0.29, 0.717) is 12.5 Å². The number of carbonyl (C=O) groups excluding carboxylic acids is 1. The molecule has 2 unspecified atom stereocenters. The van der Waals surface area contributed by atoms with E-state index in [-0.39, 0.29) is 18.2 Å². The second-order valence-corrected chi connectivity index (χ2v) is 7.19.